The van der Waals surface area contributed by atoms with E-state index in [0.29, 0.717) is 22.5 Å². The molecule has 7 heteroatoms. The number of hydrogen-bond acceptors (Lipinski definition) is 5. The first-order chi connectivity index (χ1) is 12.7. The van der Waals surface area contributed by atoms with Crippen LogP contribution in [0.3, 0.4) is 0 Å². The number of hydrogen-bond donors (Lipinski definition) is 1. The minimum atomic E-state index is 0.531. The highest BCUT2D eigenvalue weighted by atomic mass is 35.5. The van der Waals surface area contributed by atoms with Crippen LogP contribution in [-0.4, -0.2) is 26.6 Å². The SMILES string of the molecule is COc1ccc(Nc2ccnc(-n3c(C)nc4ccccc43)n2)cc1Cl. The molecule has 4 aromatic rings. The summed E-state index contributed by atoms with van der Waals surface area (Å²) in [5.41, 5.74) is 2.69. The molecule has 6 nitrogen and oxygen atoms in total. The van der Waals surface area contributed by atoms with Gasteiger partial charge in [-0.25, -0.2) is 9.97 Å². The van der Waals surface area contributed by atoms with Gasteiger partial charge in [0, 0.05) is 11.9 Å². The van der Waals surface area contributed by atoms with Crippen molar-refractivity contribution in [2.75, 3.05) is 12.4 Å². The van der Waals surface area contributed by atoms with E-state index in [1.165, 1.54) is 0 Å². The van der Waals surface area contributed by atoms with Crippen LogP contribution >= 0.6 is 11.6 Å². The quantitative estimate of drug-likeness (QED) is 0.575. The van der Waals surface area contributed by atoms with E-state index in [9.17, 15) is 0 Å². The van der Waals surface area contributed by atoms with Crippen molar-refractivity contribution < 1.29 is 4.74 Å². The minimum absolute atomic E-state index is 0.531. The first-order valence-electron chi connectivity index (χ1n) is 8.04. The van der Waals surface area contributed by atoms with Gasteiger partial charge in [0.1, 0.15) is 17.4 Å². The molecular formula is C19H16ClN5O. The molecule has 0 atom stereocenters. The van der Waals surface area contributed by atoms with Crippen LogP contribution in [0.25, 0.3) is 17.0 Å². The highest BCUT2D eigenvalue weighted by Crippen LogP contribution is 2.28. The van der Waals surface area contributed by atoms with Crippen molar-refractivity contribution in [1.29, 1.82) is 0 Å². The van der Waals surface area contributed by atoms with Gasteiger partial charge in [0.25, 0.3) is 0 Å². The first kappa shape index (κ1) is 16.4. The molecule has 2 heterocycles. The van der Waals surface area contributed by atoms with Crippen molar-refractivity contribution in [2.24, 2.45) is 0 Å². The fourth-order valence-corrected chi connectivity index (χ4v) is 3.07. The second kappa shape index (κ2) is 6.65. The molecule has 130 valence electrons. The number of anilines is 2. The summed E-state index contributed by atoms with van der Waals surface area (Å²) >= 11 is 6.18. The van der Waals surface area contributed by atoms with Crippen LogP contribution in [0.4, 0.5) is 11.5 Å². The molecule has 0 aliphatic heterocycles. The predicted molar refractivity (Wildman–Crippen MR) is 103 cm³/mol. The van der Waals surface area contributed by atoms with E-state index >= 15 is 0 Å². The van der Waals surface area contributed by atoms with E-state index in [1.807, 2.05) is 41.8 Å². The maximum atomic E-state index is 6.18. The van der Waals surface area contributed by atoms with E-state index in [2.05, 4.69) is 20.3 Å². The van der Waals surface area contributed by atoms with Gasteiger partial charge in [-0.2, -0.15) is 4.98 Å². The summed E-state index contributed by atoms with van der Waals surface area (Å²) in [6.07, 6.45) is 1.71. The van der Waals surface area contributed by atoms with Gasteiger partial charge in [-0.1, -0.05) is 23.7 Å². The van der Waals surface area contributed by atoms with Gasteiger partial charge in [-0.3, -0.25) is 4.57 Å². The largest absolute Gasteiger partial charge is 0.495 e. The number of ether oxygens (including phenoxy) is 1. The molecule has 2 aromatic carbocycles. The van der Waals surface area contributed by atoms with Crippen LogP contribution in [0, 0.1) is 6.92 Å². The van der Waals surface area contributed by atoms with Crippen molar-refractivity contribution in [3.8, 4) is 11.7 Å². The molecule has 0 fully saturated rings. The third kappa shape index (κ3) is 2.95. The van der Waals surface area contributed by atoms with Gasteiger partial charge in [-0.15, -0.1) is 0 Å². The van der Waals surface area contributed by atoms with Crippen molar-refractivity contribution in [3.05, 3.63) is 65.6 Å². The standard InChI is InChI=1S/C19H16ClN5O/c1-12-22-15-5-3-4-6-16(15)25(12)19-21-10-9-18(24-19)23-13-7-8-17(26-2)14(20)11-13/h3-11H,1-2H3,(H,21,23,24). The predicted octanol–water partition coefficient (Wildman–Crippen LogP) is 4.53. The van der Waals surface area contributed by atoms with E-state index in [-0.39, 0.29) is 0 Å². The maximum Gasteiger partial charge on any atom is 0.237 e. The fraction of sp³-hybridized carbons (Fsp3) is 0.105. The lowest BCUT2D eigenvalue weighted by atomic mass is 10.3. The number of para-hydroxylation sites is 2. The zero-order valence-corrected chi connectivity index (χ0v) is 15.0. The zero-order chi connectivity index (χ0) is 18.1. The van der Waals surface area contributed by atoms with E-state index in [4.69, 9.17) is 16.3 Å². The second-order valence-corrected chi connectivity index (χ2v) is 6.11. The molecule has 1 N–H and O–H groups in total. The highest BCUT2D eigenvalue weighted by molar-refractivity contribution is 6.32. The number of imidazole rings is 1. The van der Waals surface area contributed by atoms with Crippen LogP contribution in [-0.2, 0) is 0 Å². The minimum Gasteiger partial charge on any atom is -0.495 e. The summed E-state index contributed by atoms with van der Waals surface area (Å²) in [6, 6.07) is 15.2. The van der Waals surface area contributed by atoms with Gasteiger partial charge in [0.15, 0.2) is 0 Å². The average molecular weight is 366 g/mol. The number of fused-ring (bicyclic) bond motifs is 1. The third-order valence-corrected chi connectivity index (χ3v) is 4.29. The second-order valence-electron chi connectivity index (χ2n) is 5.70. The maximum absolute atomic E-state index is 6.18. The Labute approximate surface area is 155 Å². The molecule has 2 aromatic heterocycles. The first-order valence-corrected chi connectivity index (χ1v) is 8.41. The lowest BCUT2D eigenvalue weighted by Gasteiger charge is -2.10. The topological polar surface area (TPSA) is 64.9 Å². The summed E-state index contributed by atoms with van der Waals surface area (Å²) in [6.45, 7) is 1.94. The fourth-order valence-electron chi connectivity index (χ4n) is 2.82. The van der Waals surface area contributed by atoms with Gasteiger partial charge in [-0.05, 0) is 43.3 Å². The number of halogens is 1. The van der Waals surface area contributed by atoms with Crippen LogP contribution in [0.1, 0.15) is 5.82 Å². The number of benzene rings is 2. The summed E-state index contributed by atoms with van der Waals surface area (Å²) in [7, 11) is 1.59. The molecule has 0 spiro atoms. The molecule has 0 aliphatic rings. The molecule has 4 rings (SSSR count). The van der Waals surface area contributed by atoms with Gasteiger partial charge < -0.3 is 10.1 Å². The van der Waals surface area contributed by atoms with Crippen LogP contribution < -0.4 is 10.1 Å². The molecule has 0 unspecified atom stereocenters. The summed E-state index contributed by atoms with van der Waals surface area (Å²) in [5.74, 6) is 2.67. The number of rotatable bonds is 4. The summed E-state index contributed by atoms with van der Waals surface area (Å²) in [5, 5.41) is 3.77. The molecule has 0 amide bonds. The van der Waals surface area contributed by atoms with E-state index in [0.717, 1.165) is 22.5 Å². The van der Waals surface area contributed by atoms with Crippen molar-refractivity contribution in [3.63, 3.8) is 0 Å². The summed E-state index contributed by atoms with van der Waals surface area (Å²) < 4.78 is 7.11. The molecule has 26 heavy (non-hydrogen) atoms. The molecule has 0 saturated carbocycles. The Balaban J connectivity index is 1.71. The number of nitrogens with zero attached hydrogens (tertiary/aromatic N) is 4. The molecular weight excluding hydrogens is 350 g/mol. The Morgan fingerprint density at radius 1 is 1.08 bits per heavy atom. The molecule has 0 aliphatic carbocycles. The van der Waals surface area contributed by atoms with Crippen LogP contribution in [0.15, 0.2) is 54.7 Å². The Kier molecular flexibility index (Phi) is 4.18. The zero-order valence-electron chi connectivity index (χ0n) is 14.3. The lowest BCUT2D eigenvalue weighted by Crippen LogP contribution is -2.05. The van der Waals surface area contributed by atoms with Crippen molar-refractivity contribution in [1.82, 2.24) is 19.5 Å². The summed E-state index contributed by atoms with van der Waals surface area (Å²) in [4.78, 5) is 13.6. The molecule has 0 saturated heterocycles. The van der Waals surface area contributed by atoms with Gasteiger partial charge in [0.2, 0.25) is 5.95 Å². The Morgan fingerprint density at radius 2 is 1.92 bits per heavy atom. The van der Waals surface area contributed by atoms with E-state index in [1.54, 1.807) is 31.5 Å². The van der Waals surface area contributed by atoms with E-state index < -0.39 is 0 Å². The van der Waals surface area contributed by atoms with Crippen LogP contribution in [0.2, 0.25) is 5.02 Å². The Hall–Kier alpha value is -3.12. The number of methoxy groups -OCH3 is 1. The van der Waals surface area contributed by atoms with Gasteiger partial charge >= 0.3 is 0 Å². The third-order valence-electron chi connectivity index (χ3n) is 4.00. The smallest absolute Gasteiger partial charge is 0.237 e. The Bertz CT molecular complexity index is 1090. The monoisotopic (exact) mass is 365 g/mol. The number of aryl methyl sites for hydroxylation is 1. The number of aromatic nitrogens is 4. The number of nitrogens with one attached hydrogen (secondary N) is 1. The average Bonchev–Trinajstić information content (AvgIpc) is 2.98. The van der Waals surface area contributed by atoms with Gasteiger partial charge in [0.05, 0.1) is 23.2 Å². The molecule has 0 radical (unpaired) electrons. The Morgan fingerprint density at radius 3 is 2.73 bits per heavy atom. The van der Waals surface area contributed by atoms with Crippen molar-refractivity contribution >= 4 is 34.1 Å². The molecule has 0 bridgehead atoms. The highest BCUT2D eigenvalue weighted by Gasteiger charge is 2.11. The van der Waals surface area contributed by atoms with Crippen molar-refractivity contribution in [2.45, 2.75) is 6.92 Å². The van der Waals surface area contributed by atoms with Crippen LogP contribution in [0.5, 0.6) is 5.75 Å². The lowest BCUT2D eigenvalue weighted by molar-refractivity contribution is 0.415. The normalized spacial score (nSPS) is 10.9.